The summed E-state index contributed by atoms with van der Waals surface area (Å²) >= 11 is 0. The topological polar surface area (TPSA) is 102 Å². The maximum absolute atomic E-state index is 11.0. The second kappa shape index (κ2) is 4.34. The molecule has 1 heterocycles. The molecule has 3 N–H and O–H groups in total. The van der Waals surface area contributed by atoms with Gasteiger partial charge >= 0.3 is 0 Å². The van der Waals surface area contributed by atoms with Crippen molar-refractivity contribution in [3.8, 4) is 5.75 Å². The number of hydrogen-bond donors (Lipinski definition) is 2. The van der Waals surface area contributed by atoms with Crippen LogP contribution in [0.4, 0.5) is 17.1 Å². The third-order valence-corrected chi connectivity index (χ3v) is 3.00. The predicted octanol–water partition coefficient (Wildman–Crippen LogP) is 1.06. The summed E-state index contributed by atoms with van der Waals surface area (Å²) in [6.45, 7) is 2.55. The molecule has 18 heavy (non-hydrogen) atoms. The Morgan fingerprint density at radius 2 is 2.33 bits per heavy atom. The first-order valence-electron chi connectivity index (χ1n) is 5.56. The Hall–Kier alpha value is -2.02. The van der Waals surface area contributed by atoms with Crippen LogP contribution in [0.1, 0.15) is 18.6 Å². The van der Waals surface area contributed by atoms with E-state index in [2.05, 4.69) is 0 Å². The number of likely N-dealkylation sites (N-methyl/N-ethyl adjacent to an activating group) is 1. The van der Waals surface area contributed by atoms with Crippen LogP contribution in [-0.4, -0.2) is 30.2 Å². The second-order valence-corrected chi connectivity index (χ2v) is 4.27. The first-order chi connectivity index (χ1) is 8.43. The lowest BCUT2D eigenvalue weighted by atomic mass is 10.0. The molecule has 7 heteroatoms. The maximum atomic E-state index is 11.0. The van der Waals surface area contributed by atoms with Gasteiger partial charge in [0.05, 0.1) is 34.9 Å². The normalized spacial score (nSPS) is 15.8. The molecule has 0 spiro atoms. The summed E-state index contributed by atoms with van der Waals surface area (Å²) in [6.07, 6.45) is -1.01. The van der Waals surface area contributed by atoms with E-state index in [0.717, 1.165) is 0 Å². The fraction of sp³-hybridized carbons (Fsp3) is 0.455. The van der Waals surface area contributed by atoms with Gasteiger partial charge in [0, 0.05) is 7.05 Å². The first-order valence-corrected chi connectivity index (χ1v) is 5.56. The number of fused-ring (bicyclic) bond motifs is 1. The zero-order valence-electron chi connectivity index (χ0n) is 10.2. The van der Waals surface area contributed by atoms with Gasteiger partial charge in [0.15, 0.2) is 5.75 Å². The predicted molar refractivity (Wildman–Crippen MR) is 66.9 cm³/mol. The van der Waals surface area contributed by atoms with E-state index in [-0.39, 0.29) is 16.9 Å². The van der Waals surface area contributed by atoms with Crippen molar-refractivity contribution in [3.63, 3.8) is 0 Å². The smallest absolute Gasteiger partial charge is 0.281 e. The lowest BCUT2D eigenvalue weighted by Gasteiger charge is -2.30. The SMILES string of the molecule is CC(O)c1c([N+](=O)[O-])cc2c(c1N)N(C)CCO2. The summed E-state index contributed by atoms with van der Waals surface area (Å²) < 4.78 is 5.39. The molecule has 1 aliphatic heterocycles. The molecule has 98 valence electrons. The minimum absolute atomic E-state index is 0.135. The van der Waals surface area contributed by atoms with Crippen molar-refractivity contribution in [1.82, 2.24) is 0 Å². The molecule has 0 bridgehead atoms. The van der Waals surface area contributed by atoms with Crippen LogP contribution < -0.4 is 15.4 Å². The van der Waals surface area contributed by atoms with Crippen LogP contribution in [0.25, 0.3) is 0 Å². The number of aliphatic hydroxyl groups excluding tert-OH is 1. The van der Waals surface area contributed by atoms with E-state index in [9.17, 15) is 15.2 Å². The third-order valence-electron chi connectivity index (χ3n) is 3.00. The minimum Gasteiger partial charge on any atom is -0.489 e. The third kappa shape index (κ3) is 1.82. The summed E-state index contributed by atoms with van der Waals surface area (Å²) in [5.41, 5.74) is 6.68. The number of hydrogen-bond acceptors (Lipinski definition) is 6. The number of nitro groups is 1. The van der Waals surface area contributed by atoms with Crippen molar-refractivity contribution in [1.29, 1.82) is 0 Å². The molecule has 0 amide bonds. The van der Waals surface area contributed by atoms with E-state index in [1.807, 2.05) is 11.9 Å². The van der Waals surface area contributed by atoms with Gasteiger partial charge in [0.1, 0.15) is 12.3 Å². The van der Waals surface area contributed by atoms with Crippen molar-refractivity contribution in [3.05, 3.63) is 21.7 Å². The molecule has 0 radical (unpaired) electrons. The van der Waals surface area contributed by atoms with Crippen molar-refractivity contribution < 1.29 is 14.8 Å². The Morgan fingerprint density at radius 1 is 1.67 bits per heavy atom. The number of aliphatic hydroxyl groups is 1. The zero-order valence-corrected chi connectivity index (χ0v) is 10.2. The highest BCUT2D eigenvalue weighted by atomic mass is 16.6. The van der Waals surface area contributed by atoms with E-state index in [1.165, 1.54) is 13.0 Å². The van der Waals surface area contributed by atoms with Crippen LogP contribution in [0.15, 0.2) is 6.07 Å². The van der Waals surface area contributed by atoms with Crippen molar-refractivity contribution in [2.75, 3.05) is 30.8 Å². The van der Waals surface area contributed by atoms with Gasteiger partial charge in [-0.15, -0.1) is 0 Å². The van der Waals surface area contributed by atoms with Gasteiger partial charge in [-0.2, -0.15) is 0 Å². The molecule has 7 nitrogen and oxygen atoms in total. The quantitative estimate of drug-likeness (QED) is 0.464. The molecule has 1 aromatic carbocycles. The fourth-order valence-electron chi connectivity index (χ4n) is 2.17. The number of benzene rings is 1. The first kappa shape index (κ1) is 12.4. The zero-order chi connectivity index (χ0) is 13.4. The number of ether oxygens (including phenoxy) is 1. The second-order valence-electron chi connectivity index (χ2n) is 4.27. The summed E-state index contributed by atoms with van der Waals surface area (Å²) in [7, 11) is 1.83. The number of anilines is 2. The number of nitro benzene ring substituents is 1. The minimum atomic E-state index is -1.01. The van der Waals surface area contributed by atoms with Gasteiger partial charge < -0.3 is 20.5 Å². The van der Waals surface area contributed by atoms with Crippen molar-refractivity contribution in [2.24, 2.45) is 0 Å². The van der Waals surface area contributed by atoms with E-state index >= 15 is 0 Å². The van der Waals surface area contributed by atoms with E-state index in [4.69, 9.17) is 10.5 Å². The lowest BCUT2D eigenvalue weighted by molar-refractivity contribution is -0.386. The Morgan fingerprint density at radius 3 is 2.89 bits per heavy atom. The number of nitrogens with zero attached hydrogens (tertiary/aromatic N) is 2. The highest BCUT2D eigenvalue weighted by Crippen LogP contribution is 2.45. The number of rotatable bonds is 2. The Bertz CT molecular complexity index is 502. The van der Waals surface area contributed by atoms with E-state index < -0.39 is 11.0 Å². The molecule has 0 aromatic heterocycles. The largest absolute Gasteiger partial charge is 0.489 e. The van der Waals surface area contributed by atoms with Gasteiger partial charge in [-0.1, -0.05) is 0 Å². The van der Waals surface area contributed by atoms with Gasteiger partial charge in [0.2, 0.25) is 0 Å². The average Bonchev–Trinajstić information content (AvgIpc) is 2.27. The Balaban J connectivity index is 2.72. The molecule has 1 aromatic rings. The standard InChI is InChI=1S/C11H15N3O4/c1-6(15)9-7(14(16)17)5-8-11(10(9)12)13(2)3-4-18-8/h5-6,15H,3-4,12H2,1-2H3. The highest BCUT2D eigenvalue weighted by molar-refractivity contribution is 5.82. The molecule has 1 unspecified atom stereocenters. The summed E-state index contributed by atoms with van der Waals surface area (Å²) in [4.78, 5) is 12.3. The van der Waals surface area contributed by atoms with Crippen LogP contribution in [0.2, 0.25) is 0 Å². The molecule has 0 saturated carbocycles. The van der Waals surface area contributed by atoms with Gasteiger partial charge in [-0.25, -0.2) is 0 Å². The number of nitrogens with two attached hydrogens (primary N) is 1. The van der Waals surface area contributed by atoms with Gasteiger partial charge in [0.25, 0.3) is 5.69 Å². The van der Waals surface area contributed by atoms with E-state index in [1.54, 1.807) is 0 Å². The molecule has 1 atom stereocenters. The Kier molecular flexibility index (Phi) is 3.00. The van der Waals surface area contributed by atoms with Crippen LogP contribution in [0, 0.1) is 10.1 Å². The van der Waals surface area contributed by atoms with Crippen molar-refractivity contribution in [2.45, 2.75) is 13.0 Å². The highest BCUT2D eigenvalue weighted by Gasteiger charge is 2.29. The molecule has 0 fully saturated rings. The van der Waals surface area contributed by atoms with Crippen molar-refractivity contribution >= 4 is 17.1 Å². The summed E-state index contributed by atoms with van der Waals surface area (Å²) in [5.74, 6) is 0.386. The molecular weight excluding hydrogens is 238 g/mol. The van der Waals surface area contributed by atoms with Crippen LogP contribution in [0.3, 0.4) is 0 Å². The lowest BCUT2D eigenvalue weighted by Crippen LogP contribution is -2.30. The van der Waals surface area contributed by atoms with Crippen LogP contribution in [0.5, 0.6) is 5.75 Å². The van der Waals surface area contributed by atoms with Gasteiger partial charge in [-0.05, 0) is 6.92 Å². The average molecular weight is 253 g/mol. The Labute approximate surface area is 104 Å². The summed E-state index contributed by atoms with van der Waals surface area (Å²) in [5, 5.41) is 20.7. The molecule has 1 aliphatic rings. The monoisotopic (exact) mass is 253 g/mol. The fourth-order valence-corrected chi connectivity index (χ4v) is 2.17. The van der Waals surface area contributed by atoms with Crippen LogP contribution in [-0.2, 0) is 0 Å². The maximum Gasteiger partial charge on any atom is 0.281 e. The van der Waals surface area contributed by atoms with Crippen LogP contribution >= 0.6 is 0 Å². The molecule has 0 saturated heterocycles. The molecule has 0 aliphatic carbocycles. The number of nitrogen functional groups attached to an aromatic ring is 1. The molecular formula is C11H15N3O4. The summed E-state index contributed by atoms with van der Waals surface area (Å²) in [6, 6.07) is 1.32. The van der Waals surface area contributed by atoms with Gasteiger partial charge in [-0.3, -0.25) is 10.1 Å². The molecule has 2 rings (SSSR count). The van der Waals surface area contributed by atoms with E-state index in [0.29, 0.717) is 24.6 Å².